The number of pyridine rings is 1. The fraction of sp³-hybridized carbons (Fsp3) is 0.655. The first kappa shape index (κ1) is 32.7. The maximum absolute atomic E-state index is 12.7. The van der Waals surface area contributed by atoms with Gasteiger partial charge >= 0.3 is 12.1 Å². The third kappa shape index (κ3) is 10.8. The number of hydrogen-bond acceptors (Lipinski definition) is 8. The first-order chi connectivity index (χ1) is 19.8. The number of unbranched alkanes of at least 4 members (excludes halogenated alkanes) is 7. The van der Waals surface area contributed by atoms with Crippen LogP contribution in [0.4, 0.5) is 13.2 Å². The van der Waals surface area contributed by atoms with E-state index in [1.54, 1.807) is 18.3 Å². The highest BCUT2D eigenvalue weighted by Gasteiger charge is 2.35. The van der Waals surface area contributed by atoms with E-state index < -0.39 is 23.9 Å². The second kappa shape index (κ2) is 17.2. The van der Waals surface area contributed by atoms with Crippen LogP contribution >= 0.6 is 0 Å². The van der Waals surface area contributed by atoms with E-state index in [0.29, 0.717) is 36.8 Å². The topological polar surface area (TPSA) is 110 Å². The van der Waals surface area contributed by atoms with Crippen LogP contribution < -0.4 is 10.1 Å². The summed E-state index contributed by atoms with van der Waals surface area (Å²) < 4.78 is 48.7. The lowest BCUT2D eigenvalue weighted by Crippen LogP contribution is -2.43. The number of carboxylic acid groups (broad SMARTS) is 1. The Hall–Kier alpha value is -2.83. The molecule has 4 rings (SSSR count). The lowest BCUT2D eigenvalue weighted by molar-refractivity contribution is -0.145. The zero-order valence-electron chi connectivity index (χ0n) is 23.7. The van der Waals surface area contributed by atoms with E-state index >= 15 is 0 Å². The average Bonchev–Trinajstić information content (AvgIpc) is 3.41. The fourth-order valence-corrected chi connectivity index (χ4v) is 4.87. The Bertz CT molecular complexity index is 1040. The molecule has 0 bridgehead atoms. The van der Waals surface area contributed by atoms with E-state index in [4.69, 9.17) is 14.6 Å². The van der Waals surface area contributed by atoms with Crippen LogP contribution in [0, 0.1) is 0 Å². The third-order valence-corrected chi connectivity index (χ3v) is 7.20. The number of aliphatic carboxylic acids is 1. The first-order valence-electron chi connectivity index (χ1n) is 14.5. The molecule has 4 heterocycles. The molecule has 2 N–H and O–H groups in total. The number of halogens is 3. The monoisotopic (exact) mass is 581 g/mol. The Morgan fingerprint density at radius 1 is 1.07 bits per heavy atom. The highest BCUT2D eigenvalue weighted by molar-refractivity contribution is 5.78. The zero-order chi connectivity index (χ0) is 29.5. The quantitative estimate of drug-likeness (QED) is 0.290. The molecule has 9 nitrogen and oxygen atoms in total. The number of carbonyl (C=O) groups is 1. The molecule has 0 aromatic carbocycles. The van der Waals surface area contributed by atoms with Crippen molar-refractivity contribution in [3.8, 4) is 5.88 Å². The summed E-state index contributed by atoms with van der Waals surface area (Å²) >= 11 is 0. The first-order valence-corrected chi connectivity index (χ1v) is 14.5. The van der Waals surface area contributed by atoms with Gasteiger partial charge in [-0.1, -0.05) is 57.9 Å². The van der Waals surface area contributed by atoms with Crippen molar-refractivity contribution in [2.24, 2.45) is 0 Å². The fourth-order valence-electron chi connectivity index (χ4n) is 4.87. The normalized spacial score (nSPS) is 17.7. The highest BCUT2D eigenvalue weighted by atomic mass is 19.4. The minimum atomic E-state index is -4.51. The van der Waals surface area contributed by atoms with Gasteiger partial charge in [0.15, 0.2) is 0 Å². The Kier molecular flexibility index (Phi) is 13.7. The zero-order valence-corrected chi connectivity index (χ0v) is 23.7. The van der Waals surface area contributed by atoms with Crippen LogP contribution in [-0.4, -0.2) is 76.9 Å². The van der Waals surface area contributed by atoms with Crippen LogP contribution in [0.15, 0.2) is 30.7 Å². The Morgan fingerprint density at radius 2 is 1.73 bits per heavy atom. The molecule has 0 radical (unpaired) electrons. The van der Waals surface area contributed by atoms with Gasteiger partial charge in [0.25, 0.3) is 0 Å². The predicted octanol–water partition coefficient (Wildman–Crippen LogP) is 5.24. The van der Waals surface area contributed by atoms with E-state index in [2.05, 4.69) is 32.1 Å². The van der Waals surface area contributed by atoms with Gasteiger partial charge in [0.2, 0.25) is 11.7 Å². The van der Waals surface area contributed by atoms with Crippen molar-refractivity contribution in [3.05, 3.63) is 47.7 Å². The number of carboxylic acids is 1. The number of fused-ring (bicyclic) bond motifs is 1. The summed E-state index contributed by atoms with van der Waals surface area (Å²) in [6, 6.07) is 3.40. The van der Waals surface area contributed by atoms with E-state index in [0.717, 1.165) is 26.1 Å². The molecular weight excluding hydrogens is 539 g/mol. The number of alkyl halides is 3. The molecule has 2 aliphatic heterocycles. The molecule has 2 aromatic heterocycles. The van der Waals surface area contributed by atoms with E-state index in [1.807, 2.05) is 0 Å². The van der Waals surface area contributed by atoms with Gasteiger partial charge in [0.1, 0.15) is 12.5 Å². The Labute approximate surface area is 239 Å². The SMILES string of the molecule is CCCCCCCCCCNC[C@@H](c1cnc(C(F)(F)F)nc1)N1CCOCC1.O=C(O)[C@@H]1COc2ncccc21. The van der Waals surface area contributed by atoms with Crippen LogP contribution in [0.5, 0.6) is 5.88 Å². The van der Waals surface area contributed by atoms with Gasteiger partial charge in [-0.3, -0.25) is 9.69 Å². The predicted molar refractivity (Wildman–Crippen MR) is 148 cm³/mol. The van der Waals surface area contributed by atoms with Crippen LogP contribution in [0.3, 0.4) is 0 Å². The number of hydrogen-bond donors (Lipinski definition) is 2. The molecule has 0 unspecified atom stereocenters. The molecule has 1 fully saturated rings. The molecule has 2 aromatic rings. The molecule has 1 saturated heterocycles. The highest BCUT2D eigenvalue weighted by Crippen LogP contribution is 2.31. The largest absolute Gasteiger partial charge is 0.481 e. The minimum absolute atomic E-state index is 0.0461. The van der Waals surface area contributed by atoms with Gasteiger partial charge < -0.3 is 19.9 Å². The van der Waals surface area contributed by atoms with Gasteiger partial charge in [-0.25, -0.2) is 15.0 Å². The van der Waals surface area contributed by atoms with Gasteiger partial charge in [-0.2, -0.15) is 13.2 Å². The van der Waals surface area contributed by atoms with Crippen LogP contribution in [0.1, 0.15) is 87.2 Å². The summed E-state index contributed by atoms with van der Waals surface area (Å²) in [6.45, 7) is 6.79. The van der Waals surface area contributed by atoms with Crippen molar-refractivity contribution in [1.82, 2.24) is 25.2 Å². The maximum Gasteiger partial charge on any atom is 0.451 e. The van der Waals surface area contributed by atoms with E-state index in [-0.39, 0.29) is 12.6 Å². The summed E-state index contributed by atoms with van der Waals surface area (Å²) in [5.74, 6) is -2.05. The second-order valence-corrected chi connectivity index (χ2v) is 10.3. The third-order valence-electron chi connectivity index (χ3n) is 7.20. The molecule has 12 heteroatoms. The van der Waals surface area contributed by atoms with Crippen LogP contribution in [0.2, 0.25) is 0 Å². The van der Waals surface area contributed by atoms with E-state index in [9.17, 15) is 18.0 Å². The summed E-state index contributed by atoms with van der Waals surface area (Å²) in [5, 5.41) is 12.2. The van der Waals surface area contributed by atoms with Crippen LogP contribution in [0.25, 0.3) is 0 Å². The van der Waals surface area contributed by atoms with Crippen LogP contribution in [-0.2, 0) is 15.7 Å². The van der Waals surface area contributed by atoms with Crippen molar-refractivity contribution in [2.75, 3.05) is 46.0 Å². The number of nitrogens with zero attached hydrogens (tertiary/aromatic N) is 4. The minimum Gasteiger partial charge on any atom is -0.481 e. The summed E-state index contributed by atoms with van der Waals surface area (Å²) in [5.41, 5.74) is 1.38. The number of aromatic nitrogens is 3. The van der Waals surface area contributed by atoms with Gasteiger partial charge in [-0.05, 0) is 19.0 Å². The lowest BCUT2D eigenvalue weighted by atomic mass is 10.0. The standard InChI is InChI=1S/C21H35F3N4O.C8H7NO3/c1-2-3-4-5-6-7-8-9-10-25-17-19(28-11-13-29-14-12-28)18-15-26-20(27-16-18)21(22,23)24;10-8(11)6-4-12-7-5(6)2-1-3-9-7/h15-16,19,25H,2-14,17H2,1H3;1-3,6H,4H2,(H,10,11)/t19-;6-/m01/s1. The summed E-state index contributed by atoms with van der Waals surface area (Å²) in [4.78, 5) is 23.9. The molecule has 0 saturated carbocycles. The average molecular weight is 582 g/mol. The van der Waals surface area contributed by atoms with Gasteiger partial charge in [0.05, 0.1) is 19.3 Å². The maximum atomic E-state index is 12.7. The van der Waals surface area contributed by atoms with Crippen molar-refractivity contribution in [2.45, 2.75) is 76.4 Å². The molecule has 0 amide bonds. The van der Waals surface area contributed by atoms with Gasteiger partial charge in [-0.15, -0.1) is 0 Å². The second-order valence-electron chi connectivity index (χ2n) is 10.3. The Balaban J connectivity index is 0.000000317. The number of nitrogens with one attached hydrogen (secondary N) is 1. The number of rotatable bonds is 14. The molecular formula is C29H42F3N5O4. The Morgan fingerprint density at radius 3 is 2.37 bits per heavy atom. The van der Waals surface area contributed by atoms with Crippen molar-refractivity contribution >= 4 is 5.97 Å². The molecule has 0 aliphatic carbocycles. The number of morpholine rings is 1. The smallest absolute Gasteiger partial charge is 0.451 e. The molecule has 228 valence electrons. The van der Waals surface area contributed by atoms with Crippen molar-refractivity contribution in [1.29, 1.82) is 0 Å². The summed E-state index contributed by atoms with van der Waals surface area (Å²) in [6.07, 6.45) is 9.88. The molecule has 0 spiro atoms. The number of ether oxygens (including phenoxy) is 2. The van der Waals surface area contributed by atoms with Crippen molar-refractivity contribution in [3.63, 3.8) is 0 Å². The molecule has 2 atom stereocenters. The molecule has 2 aliphatic rings. The lowest BCUT2D eigenvalue weighted by Gasteiger charge is -2.34. The van der Waals surface area contributed by atoms with Crippen molar-refractivity contribution < 1.29 is 32.5 Å². The van der Waals surface area contributed by atoms with E-state index in [1.165, 1.54) is 57.3 Å². The van der Waals surface area contributed by atoms with Gasteiger partial charge in [0, 0.05) is 49.4 Å². The molecule has 41 heavy (non-hydrogen) atoms. The summed E-state index contributed by atoms with van der Waals surface area (Å²) in [7, 11) is 0.